The van der Waals surface area contributed by atoms with Crippen molar-refractivity contribution in [2.24, 2.45) is 0 Å². The number of hydrogen-bond donors (Lipinski definition) is 0. The molecule has 1 aliphatic rings. The van der Waals surface area contributed by atoms with E-state index in [9.17, 15) is 4.39 Å². The average molecular weight is 271 g/mol. The second kappa shape index (κ2) is 5.35. The van der Waals surface area contributed by atoms with Crippen LogP contribution >= 0.6 is 0 Å². The largest absolute Gasteiger partial charge is 0.349 e. The van der Waals surface area contributed by atoms with E-state index in [4.69, 9.17) is 4.74 Å². The molecule has 1 fully saturated rings. The average Bonchev–Trinajstić information content (AvgIpc) is 2.77. The minimum absolute atomic E-state index is 0.0382. The first-order valence-electron chi connectivity index (χ1n) is 6.84. The van der Waals surface area contributed by atoms with Gasteiger partial charge in [-0.1, -0.05) is 42.5 Å². The van der Waals surface area contributed by atoms with Crippen LogP contribution in [0.5, 0.6) is 0 Å². The molecule has 0 N–H and O–H groups in total. The molecule has 2 nitrogen and oxygen atoms in total. The molecule has 3 atom stereocenters. The highest BCUT2D eigenvalue weighted by molar-refractivity contribution is 5.24. The molecule has 0 bridgehead atoms. The van der Waals surface area contributed by atoms with E-state index in [2.05, 4.69) is 24.0 Å². The van der Waals surface area contributed by atoms with Crippen LogP contribution in [0.25, 0.3) is 0 Å². The number of likely N-dealkylation sites (N-methyl/N-ethyl adjacent to an activating group) is 1. The van der Waals surface area contributed by atoms with Gasteiger partial charge < -0.3 is 4.74 Å². The van der Waals surface area contributed by atoms with Crippen molar-refractivity contribution in [2.75, 3.05) is 7.05 Å². The first-order valence-corrected chi connectivity index (χ1v) is 6.84. The van der Waals surface area contributed by atoms with Crippen LogP contribution in [0.3, 0.4) is 0 Å². The maximum atomic E-state index is 13.0. The summed E-state index contributed by atoms with van der Waals surface area (Å²) in [4.78, 5) is 2.19. The van der Waals surface area contributed by atoms with Crippen molar-refractivity contribution in [1.29, 1.82) is 0 Å². The number of hydrogen-bond acceptors (Lipinski definition) is 2. The van der Waals surface area contributed by atoms with E-state index < -0.39 is 0 Å². The third kappa shape index (κ3) is 2.35. The van der Waals surface area contributed by atoms with E-state index in [-0.39, 0.29) is 24.2 Å². The van der Waals surface area contributed by atoms with E-state index in [0.29, 0.717) is 0 Å². The van der Waals surface area contributed by atoms with Crippen molar-refractivity contribution in [1.82, 2.24) is 4.90 Å². The SMILES string of the molecule is C[C@@H]1[C@H](c2ccccc2)OC(c2ccc(F)cc2)N1C. The smallest absolute Gasteiger partial charge is 0.137 e. The highest BCUT2D eigenvalue weighted by Gasteiger charge is 2.38. The lowest BCUT2D eigenvalue weighted by Gasteiger charge is -2.21. The topological polar surface area (TPSA) is 12.5 Å². The van der Waals surface area contributed by atoms with Crippen LogP contribution in [0.4, 0.5) is 4.39 Å². The lowest BCUT2D eigenvalue weighted by molar-refractivity contribution is 0.00556. The van der Waals surface area contributed by atoms with Gasteiger partial charge in [0.15, 0.2) is 0 Å². The molecule has 0 saturated carbocycles. The fourth-order valence-electron chi connectivity index (χ4n) is 2.72. The third-order valence-corrected chi connectivity index (χ3v) is 4.01. The maximum absolute atomic E-state index is 13.0. The van der Waals surface area contributed by atoms with Crippen molar-refractivity contribution in [2.45, 2.75) is 25.3 Å². The summed E-state index contributed by atoms with van der Waals surface area (Å²) in [5.41, 5.74) is 2.16. The highest BCUT2D eigenvalue weighted by Crippen LogP contribution is 2.40. The van der Waals surface area contributed by atoms with Crippen LogP contribution in [0, 0.1) is 5.82 Å². The summed E-state index contributed by atoms with van der Waals surface area (Å²) in [5, 5.41) is 0. The van der Waals surface area contributed by atoms with E-state index in [1.807, 2.05) is 25.2 Å². The van der Waals surface area contributed by atoms with E-state index in [1.165, 1.54) is 17.7 Å². The highest BCUT2D eigenvalue weighted by atomic mass is 19.1. The van der Waals surface area contributed by atoms with Crippen molar-refractivity contribution in [3.05, 3.63) is 71.5 Å². The van der Waals surface area contributed by atoms with Gasteiger partial charge in [-0.05, 0) is 37.2 Å². The quantitative estimate of drug-likeness (QED) is 0.821. The lowest BCUT2D eigenvalue weighted by atomic mass is 10.0. The monoisotopic (exact) mass is 271 g/mol. The molecule has 3 rings (SSSR count). The summed E-state index contributed by atoms with van der Waals surface area (Å²) < 4.78 is 19.2. The van der Waals surface area contributed by atoms with Gasteiger partial charge in [-0.25, -0.2) is 4.39 Å². The second-order valence-electron chi connectivity index (χ2n) is 5.28. The van der Waals surface area contributed by atoms with Crippen LogP contribution in [0.1, 0.15) is 30.4 Å². The van der Waals surface area contributed by atoms with Gasteiger partial charge in [0.1, 0.15) is 18.1 Å². The molecule has 2 aromatic rings. The van der Waals surface area contributed by atoms with E-state index in [1.54, 1.807) is 12.1 Å². The third-order valence-electron chi connectivity index (χ3n) is 4.01. The molecule has 0 aromatic heterocycles. The summed E-state index contributed by atoms with van der Waals surface area (Å²) >= 11 is 0. The Morgan fingerprint density at radius 2 is 1.60 bits per heavy atom. The summed E-state index contributed by atoms with van der Waals surface area (Å²) in [6.07, 6.45) is -0.0907. The van der Waals surface area contributed by atoms with Crippen molar-refractivity contribution in [3.63, 3.8) is 0 Å². The van der Waals surface area contributed by atoms with Crippen LogP contribution < -0.4 is 0 Å². The molecule has 2 aromatic carbocycles. The number of benzene rings is 2. The molecule has 0 amide bonds. The van der Waals surface area contributed by atoms with Gasteiger partial charge in [-0.2, -0.15) is 0 Å². The molecule has 1 unspecified atom stereocenters. The summed E-state index contributed by atoms with van der Waals surface area (Å²) in [6.45, 7) is 2.15. The summed E-state index contributed by atoms with van der Waals surface area (Å²) in [6, 6.07) is 17.0. The number of halogens is 1. The Labute approximate surface area is 118 Å². The van der Waals surface area contributed by atoms with Crippen LogP contribution in [-0.4, -0.2) is 18.0 Å². The molecular weight excluding hydrogens is 253 g/mol. The zero-order chi connectivity index (χ0) is 14.1. The molecular formula is C17H18FNO. The second-order valence-corrected chi connectivity index (χ2v) is 5.28. The zero-order valence-corrected chi connectivity index (χ0v) is 11.7. The molecule has 1 aliphatic heterocycles. The van der Waals surface area contributed by atoms with Crippen molar-refractivity contribution in [3.8, 4) is 0 Å². The van der Waals surface area contributed by atoms with Crippen LogP contribution in [-0.2, 0) is 4.74 Å². The number of ether oxygens (including phenoxy) is 1. The Balaban J connectivity index is 1.87. The van der Waals surface area contributed by atoms with Gasteiger partial charge in [0.05, 0.1) is 0 Å². The van der Waals surface area contributed by atoms with Gasteiger partial charge >= 0.3 is 0 Å². The predicted octanol–water partition coefficient (Wildman–Crippen LogP) is 3.92. The van der Waals surface area contributed by atoms with Crippen LogP contribution in [0.15, 0.2) is 54.6 Å². The molecule has 1 heterocycles. The van der Waals surface area contributed by atoms with Gasteiger partial charge in [0, 0.05) is 6.04 Å². The Hall–Kier alpha value is -1.71. The Morgan fingerprint density at radius 3 is 2.25 bits per heavy atom. The fraction of sp³-hybridized carbons (Fsp3) is 0.294. The minimum Gasteiger partial charge on any atom is -0.349 e. The lowest BCUT2D eigenvalue weighted by Crippen LogP contribution is -2.27. The molecule has 3 heteroatoms. The molecule has 0 spiro atoms. The molecule has 1 saturated heterocycles. The van der Waals surface area contributed by atoms with Crippen molar-refractivity contribution >= 4 is 0 Å². The summed E-state index contributed by atoms with van der Waals surface area (Å²) in [7, 11) is 2.04. The summed E-state index contributed by atoms with van der Waals surface area (Å²) in [5.74, 6) is -0.220. The molecule has 20 heavy (non-hydrogen) atoms. The molecule has 104 valence electrons. The van der Waals surface area contributed by atoms with E-state index in [0.717, 1.165) is 5.56 Å². The Kier molecular flexibility index (Phi) is 3.55. The van der Waals surface area contributed by atoms with E-state index >= 15 is 0 Å². The van der Waals surface area contributed by atoms with Gasteiger partial charge in [0.25, 0.3) is 0 Å². The van der Waals surface area contributed by atoms with Gasteiger partial charge in [0.2, 0.25) is 0 Å². The minimum atomic E-state index is -0.220. The molecule has 0 aliphatic carbocycles. The molecule has 0 radical (unpaired) electrons. The van der Waals surface area contributed by atoms with Gasteiger partial charge in [-0.3, -0.25) is 4.90 Å². The fourth-order valence-corrected chi connectivity index (χ4v) is 2.72. The normalized spacial score (nSPS) is 26.9. The zero-order valence-electron chi connectivity index (χ0n) is 11.7. The first-order chi connectivity index (χ1) is 9.66. The van der Waals surface area contributed by atoms with Crippen LogP contribution in [0.2, 0.25) is 0 Å². The maximum Gasteiger partial charge on any atom is 0.137 e. The van der Waals surface area contributed by atoms with Gasteiger partial charge in [-0.15, -0.1) is 0 Å². The predicted molar refractivity (Wildman–Crippen MR) is 76.6 cm³/mol. The van der Waals surface area contributed by atoms with Crippen molar-refractivity contribution < 1.29 is 9.13 Å². The number of rotatable bonds is 2. The first kappa shape index (κ1) is 13.3. The Bertz CT molecular complexity index is 569. The standard InChI is InChI=1S/C17H18FNO/c1-12-16(13-6-4-3-5-7-13)20-17(19(12)2)14-8-10-15(18)11-9-14/h3-12,16-17H,1-2H3/t12-,16-,17?/m1/s1. The Morgan fingerprint density at radius 1 is 0.950 bits per heavy atom. The number of nitrogens with zero attached hydrogens (tertiary/aromatic N) is 1.